The van der Waals surface area contributed by atoms with Gasteiger partial charge in [0.25, 0.3) is 0 Å². The first-order valence-electron chi connectivity index (χ1n) is 4.29. The molecule has 0 heterocycles. The summed E-state index contributed by atoms with van der Waals surface area (Å²) in [6.45, 7) is 0. The lowest BCUT2D eigenvalue weighted by Crippen LogP contribution is -1.95. The Balaban J connectivity index is 2.40. The molecule has 2 heteroatoms. The number of anilines is 1. The summed E-state index contributed by atoms with van der Waals surface area (Å²) in [5.74, 6) is 0.417. The van der Waals surface area contributed by atoms with Crippen molar-refractivity contribution in [3.8, 4) is 0 Å². The molecule has 0 aromatic heterocycles. The van der Waals surface area contributed by atoms with Gasteiger partial charge in [0.05, 0.1) is 5.69 Å². The van der Waals surface area contributed by atoms with Gasteiger partial charge in [0.2, 0.25) is 0 Å². The summed E-state index contributed by atoms with van der Waals surface area (Å²) in [6, 6.07) is 5.55. The highest BCUT2D eigenvalue weighted by molar-refractivity contribution is 5.48. The van der Waals surface area contributed by atoms with E-state index in [1.54, 1.807) is 13.1 Å². The van der Waals surface area contributed by atoms with Gasteiger partial charge in [-0.2, -0.15) is 0 Å². The summed E-state index contributed by atoms with van der Waals surface area (Å²) in [5.41, 5.74) is 1.49. The van der Waals surface area contributed by atoms with Gasteiger partial charge in [-0.15, -0.1) is 0 Å². The molecule has 1 saturated carbocycles. The van der Waals surface area contributed by atoms with Crippen molar-refractivity contribution < 1.29 is 4.39 Å². The highest BCUT2D eigenvalue weighted by Crippen LogP contribution is 2.42. The average molecular weight is 165 g/mol. The Hall–Kier alpha value is -1.05. The van der Waals surface area contributed by atoms with E-state index in [4.69, 9.17) is 0 Å². The van der Waals surface area contributed by atoms with Gasteiger partial charge in [-0.25, -0.2) is 4.39 Å². The van der Waals surface area contributed by atoms with Crippen molar-refractivity contribution in [1.82, 2.24) is 0 Å². The molecule has 1 fully saturated rings. The molecule has 0 unspecified atom stereocenters. The maximum Gasteiger partial charge on any atom is 0.149 e. The van der Waals surface area contributed by atoms with E-state index in [1.807, 2.05) is 12.1 Å². The Labute approximate surface area is 71.6 Å². The Morgan fingerprint density at radius 3 is 2.75 bits per heavy atom. The molecule has 1 aliphatic carbocycles. The predicted octanol–water partition coefficient (Wildman–Crippen LogP) is 2.74. The maximum absolute atomic E-state index is 13.5. The van der Waals surface area contributed by atoms with Gasteiger partial charge in [0, 0.05) is 7.05 Å². The lowest BCUT2D eigenvalue weighted by Gasteiger charge is -2.05. The second-order valence-corrected chi connectivity index (χ2v) is 3.23. The van der Waals surface area contributed by atoms with Crippen molar-refractivity contribution in [2.24, 2.45) is 0 Å². The van der Waals surface area contributed by atoms with Gasteiger partial charge in [0.15, 0.2) is 0 Å². The van der Waals surface area contributed by atoms with Crippen LogP contribution in [0.4, 0.5) is 10.1 Å². The minimum atomic E-state index is -0.0671. The Bertz CT molecular complexity index is 292. The quantitative estimate of drug-likeness (QED) is 0.710. The normalized spacial score (nSPS) is 16.2. The molecule has 0 atom stereocenters. The zero-order valence-electron chi connectivity index (χ0n) is 7.10. The van der Waals surface area contributed by atoms with Gasteiger partial charge in [-0.05, 0) is 30.4 Å². The molecular formula is C10H12FN. The number of halogens is 1. The van der Waals surface area contributed by atoms with Crippen LogP contribution in [-0.2, 0) is 0 Å². The summed E-state index contributed by atoms with van der Waals surface area (Å²) in [7, 11) is 1.75. The van der Waals surface area contributed by atoms with Gasteiger partial charge >= 0.3 is 0 Å². The second-order valence-electron chi connectivity index (χ2n) is 3.23. The third kappa shape index (κ3) is 1.17. The standard InChI is InChI=1S/C10H12FN/c1-12-9-4-2-3-8(10(9)11)7-5-6-7/h2-4,7,12H,5-6H2,1H3. The summed E-state index contributed by atoms with van der Waals surface area (Å²) in [5, 5.41) is 2.84. The van der Waals surface area contributed by atoms with E-state index in [0.717, 1.165) is 18.4 Å². The van der Waals surface area contributed by atoms with Crippen LogP contribution >= 0.6 is 0 Å². The first-order chi connectivity index (χ1) is 5.83. The minimum absolute atomic E-state index is 0.0671. The zero-order chi connectivity index (χ0) is 8.55. The van der Waals surface area contributed by atoms with E-state index < -0.39 is 0 Å². The highest BCUT2D eigenvalue weighted by atomic mass is 19.1. The number of nitrogens with one attached hydrogen (secondary N) is 1. The van der Waals surface area contributed by atoms with Crippen molar-refractivity contribution >= 4 is 5.69 Å². The Kier molecular flexibility index (Phi) is 1.75. The molecule has 0 bridgehead atoms. The van der Waals surface area contributed by atoms with Crippen LogP contribution in [0.3, 0.4) is 0 Å². The Morgan fingerprint density at radius 2 is 2.17 bits per heavy atom. The average Bonchev–Trinajstić information content (AvgIpc) is 2.88. The summed E-state index contributed by atoms with van der Waals surface area (Å²) in [4.78, 5) is 0. The molecular weight excluding hydrogens is 153 g/mol. The van der Waals surface area contributed by atoms with Crippen molar-refractivity contribution in [3.63, 3.8) is 0 Å². The molecule has 1 N–H and O–H groups in total. The molecule has 1 aliphatic rings. The van der Waals surface area contributed by atoms with Crippen molar-refractivity contribution in [1.29, 1.82) is 0 Å². The predicted molar refractivity (Wildman–Crippen MR) is 47.9 cm³/mol. The summed E-state index contributed by atoms with van der Waals surface area (Å²) < 4.78 is 13.5. The number of hydrogen-bond acceptors (Lipinski definition) is 1. The third-order valence-corrected chi connectivity index (χ3v) is 2.32. The number of benzene rings is 1. The van der Waals surface area contributed by atoms with Gasteiger partial charge in [-0.1, -0.05) is 12.1 Å². The number of rotatable bonds is 2. The molecule has 0 amide bonds. The van der Waals surface area contributed by atoms with E-state index in [2.05, 4.69) is 5.32 Å². The van der Waals surface area contributed by atoms with Crippen LogP contribution in [-0.4, -0.2) is 7.05 Å². The van der Waals surface area contributed by atoms with E-state index in [9.17, 15) is 4.39 Å². The summed E-state index contributed by atoms with van der Waals surface area (Å²) >= 11 is 0. The number of hydrogen-bond donors (Lipinski definition) is 1. The smallest absolute Gasteiger partial charge is 0.149 e. The van der Waals surface area contributed by atoms with Gasteiger partial charge in [0.1, 0.15) is 5.82 Å². The molecule has 1 nitrogen and oxygen atoms in total. The molecule has 64 valence electrons. The first kappa shape index (κ1) is 7.59. The molecule has 12 heavy (non-hydrogen) atoms. The van der Waals surface area contributed by atoms with Crippen LogP contribution in [0.15, 0.2) is 18.2 Å². The van der Waals surface area contributed by atoms with E-state index in [0.29, 0.717) is 11.6 Å². The Morgan fingerprint density at radius 1 is 1.42 bits per heavy atom. The SMILES string of the molecule is CNc1cccc(C2CC2)c1F. The van der Waals surface area contributed by atoms with Crippen molar-refractivity contribution in [2.45, 2.75) is 18.8 Å². The molecule has 1 aromatic carbocycles. The first-order valence-corrected chi connectivity index (χ1v) is 4.29. The fourth-order valence-electron chi connectivity index (χ4n) is 1.45. The van der Waals surface area contributed by atoms with Crippen molar-refractivity contribution in [2.75, 3.05) is 12.4 Å². The molecule has 0 spiro atoms. The van der Waals surface area contributed by atoms with Crippen LogP contribution in [0, 0.1) is 5.82 Å². The molecule has 0 aliphatic heterocycles. The molecule has 0 radical (unpaired) electrons. The van der Waals surface area contributed by atoms with E-state index in [1.165, 1.54) is 0 Å². The van der Waals surface area contributed by atoms with Crippen LogP contribution in [0.5, 0.6) is 0 Å². The maximum atomic E-state index is 13.5. The topological polar surface area (TPSA) is 12.0 Å². The molecule has 2 rings (SSSR count). The van der Waals surface area contributed by atoms with Crippen molar-refractivity contribution in [3.05, 3.63) is 29.6 Å². The lowest BCUT2D eigenvalue weighted by atomic mass is 10.1. The van der Waals surface area contributed by atoms with Crippen LogP contribution in [0.1, 0.15) is 24.3 Å². The molecule has 0 saturated heterocycles. The van der Waals surface area contributed by atoms with Gasteiger partial charge in [-0.3, -0.25) is 0 Å². The third-order valence-electron chi connectivity index (χ3n) is 2.32. The monoisotopic (exact) mass is 165 g/mol. The molecule has 1 aromatic rings. The van der Waals surface area contributed by atoms with Crippen LogP contribution < -0.4 is 5.32 Å². The minimum Gasteiger partial charge on any atom is -0.386 e. The van der Waals surface area contributed by atoms with E-state index >= 15 is 0 Å². The fraction of sp³-hybridized carbons (Fsp3) is 0.400. The van der Waals surface area contributed by atoms with Crippen LogP contribution in [0.2, 0.25) is 0 Å². The largest absolute Gasteiger partial charge is 0.386 e. The highest BCUT2D eigenvalue weighted by Gasteiger charge is 2.26. The fourth-order valence-corrected chi connectivity index (χ4v) is 1.45. The lowest BCUT2D eigenvalue weighted by molar-refractivity contribution is 0.614. The second kappa shape index (κ2) is 2.77. The van der Waals surface area contributed by atoms with E-state index in [-0.39, 0.29) is 5.82 Å². The zero-order valence-corrected chi connectivity index (χ0v) is 7.10. The van der Waals surface area contributed by atoms with Gasteiger partial charge < -0.3 is 5.32 Å². The van der Waals surface area contributed by atoms with Crippen LogP contribution in [0.25, 0.3) is 0 Å². The summed E-state index contributed by atoms with van der Waals surface area (Å²) in [6.07, 6.45) is 2.29.